The number of hydrogen-bond donors (Lipinski definition) is 2. The number of fused-ring (bicyclic) bond motifs is 1. The monoisotopic (exact) mass is 270 g/mol. The number of benzene rings is 1. The molecule has 3 rings (SSSR count). The largest absolute Gasteiger partial charge is 0.308 e. The maximum Gasteiger partial charge on any atom is 0.152 e. The van der Waals surface area contributed by atoms with Crippen LogP contribution in [0.1, 0.15) is 23.3 Å². The summed E-state index contributed by atoms with van der Waals surface area (Å²) in [5.74, 6) is 6.49. The van der Waals surface area contributed by atoms with Crippen LogP contribution in [0.3, 0.4) is 0 Å². The van der Waals surface area contributed by atoms with E-state index in [1.54, 1.807) is 11.3 Å². The van der Waals surface area contributed by atoms with Gasteiger partial charge >= 0.3 is 0 Å². The maximum absolute atomic E-state index is 5.48. The lowest BCUT2D eigenvalue weighted by Gasteiger charge is -2.08. The Morgan fingerprint density at radius 3 is 2.74 bits per heavy atom. The lowest BCUT2D eigenvalue weighted by molar-refractivity contribution is 0.949. The smallest absolute Gasteiger partial charge is 0.152 e. The normalized spacial score (nSPS) is 12.5. The van der Waals surface area contributed by atoms with Gasteiger partial charge in [0.05, 0.1) is 5.39 Å². The average Bonchev–Trinajstić information content (AvgIpc) is 2.91. The van der Waals surface area contributed by atoms with Gasteiger partial charge in [-0.2, -0.15) is 0 Å². The molecule has 0 fully saturated rings. The Labute approximate surface area is 115 Å². The fourth-order valence-electron chi connectivity index (χ4n) is 2.11. The summed E-state index contributed by atoms with van der Waals surface area (Å²) in [7, 11) is 0. The van der Waals surface area contributed by atoms with Crippen LogP contribution >= 0.6 is 11.3 Å². The van der Waals surface area contributed by atoms with Crippen molar-refractivity contribution in [3.8, 4) is 0 Å². The van der Waals surface area contributed by atoms with E-state index in [9.17, 15) is 0 Å². The zero-order chi connectivity index (χ0) is 13.2. The van der Waals surface area contributed by atoms with E-state index in [1.165, 1.54) is 16.8 Å². The van der Waals surface area contributed by atoms with Crippen LogP contribution in [0.4, 0.5) is 5.82 Å². The Hall–Kier alpha value is -1.98. The van der Waals surface area contributed by atoms with Crippen molar-refractivity contribution in [3.63, 3.8) is 0 Å². The molecule has 1 aromatic carbocycles. The number of nitrogens with two attached hydrogens (primary N) is 1. The van der Waals surface area contributed by atoms with Crippen molar-refractivity contribution >= 4 is 27.4 Å². The van der Waals surface area contributed by atoms with E-state index in [1.807, 2.05) is 6.07 Å². The van der Waals surface area contributed by atoms with Crippen molar-refractivity contribution in [2.45, 2.75) is 12.8 Å². The van der Waals surface area contributed by atoms with Crippen molar-refractivity contribution in [3.05, 3.63) is 53.2 Å². The van der Waals surface area contributed by atoms with Crippen LogP contribution in [0.2, 0.25) is 0 Å². The van der Waals surface area contributed by atoms with Gasteiger partial charge < -0.3 is 5.43 Å². The number of nitrogens with zero attached hydrogens (tertiary/aromatic N) is 2. The van der Waals surface area contributed by atoms with Gasteiger partial charge in [0.25, 0.3) is 0 Å². The molecular formula is C14H14N4S. The Bertz CT molecular complexity index is 693. The van der Waals surface area contributed by atoms with Gasteiger partial charge in [0.1, 0.15) is 11.2 Å². The highest BCUT2D eigenvalue weighted by Gasteiger charge is 2.14. The minimum atomic E-state index is 0.339. The van der Waals surface area contributed by atoms with Gasteiger partial charge in [-0.15, -0.1) is 11.3 Å². The first-order valence-corrected chi connectivity index (χ1v) is 6.87. The average molecular weight is 270 g/mol. The summed E-state index contributed by atoms with van der Waals surface area (Å²) in [5, 5.41) is 0.979. The highest BCUT2D eigenvalue weighted by Crippen LogP contribution is 2.35. The fraction of sp³-hybridized carbons (Fsp3) is 0.143. The highest BCUT2D eigenvalue weighted by molar-refractivity contribution is 7.18. The van der Waals surface area contributed by atoms with Gasteiger partial charge in [-0.3, -0.25) is 0 Å². The predicted molar refractivity (Wildman–Crippen MR) is 79.2 cm³/mol. The number of aromatic nitrogens is 2. The summed E-state index contributed by atoms with van der Waals surface area (Å²) in [6.45, 7) is 2.20. The standard InChI is InChI=1S/C14H14N4S/c1-9(10-5-3-2-4-6-10)12-7-11-13(18-15)16-8-17-14(11)19-12/h2-9H,15H2,1H3,(H,16,17,18). The quantitative estimate of drug-likeness (QED) is 0.567. The summed E-state index contributed by atoms with van der Waals surface area (Å²) in [4.78, 5) is 10.6. The molecule has 0 saturated heterocycles. The van der Waals surface area contributed by atoms with E-state index in [-0.39, 0.29) is 0 Å². The van der Waals surface area contributed by atoms with E-state index in [0.717, 1.165) is 10.2 Å². The lowest BCUT2D eigenvalue weighted by Crippen LogP contribution is -2.08. The molecule has 4 nitrogen and oxygen atoms in total. The molecule has 1 unspecified atom stereocenters. The third kappa shape index (κ3) is 2.18. The Kier molecular flexibility index (Phi) is 3.15. The van der Waals surface area contributed by atoms with E-state index in [0.29, 0.717) is 11.7 Å². The number of rotatable bonds is 3. The minimum Gasteiger partial charge on any atom is -0.308 e. The predicted octanol–water partition coefficient (Wildman–Crippen LogP) is 3.13. The molecule has 0 aliphatic rings. The first kappa shape index (κ1) is 12.1. The van der Waals surface area contributed by atoms with Crippen LogP contribution in [0.25, 0.3) is 10.2 Å². The number of nitrogen functional groups attached to an aromatic ring is 1. The van der Waals surface area contributed by atoms with E-state index in [2.05, 4.69) is 52.6 Å². The second-order valence-corrected chi connectivity index (χ2v) is 5.43. The zero-order valence-electron chi connectivity index (χ0n) is 10.5. The topological polar surface area (TPSA) is 63.8 Å². The summed E-state index contributed by atoms with van der Waals surface area (Å²) in [6, 6.07) is 12.6. The van der Waals surface area contributed by atoms with Crippen molar-refractivity contribution in [1.29, 1.82) is 0 Å². The maximum atomic E-state index is 5.48. The number of nitrogens with one attached hydrogen (secondary N) is 1. The van der Waals surface area contributed by atoms with Gasteiger partial charge in [-0.25, -0.2) is 15.8 Å². The van der Waals surface area contributed by atoms with Gasteiger partial charge in [0.15, 0.2) is 5.82 Å². The molecule has 5 heteroatoms. The van der Waals surface area contributed by atoms with E-state index in [4.69, 9.17) is 5.84 Å². The van der Waals surface area contributed by atoms with Crippen molar-refractivity contribution in [2.24, 2.45) is 5.84 Å². The number of hydrogen-bond acceptors (Lipinski definition) is 5. The van der Waals surface area contributed by atoms with Crippen LogP contribution in [0, 0.1) is 0 Å². The number of hydrazine groups is 1. The first-order chi connectivity index (χ1) is 9.29. The van der Waals surface area contributed by atoms with Crippen molar-refractivity contribution in [1.82, 2.24) is 9.97 Å². The fourth-order valence-corrected chi connectivity index (χ4v) is 3.19. The molecule has 3 aromatic rings. The lowest BCUT2D eigenvalue weighted by atomic mass is 9.99. The molecule has 0 aliphatic carbocycles. The van der Waals surface area contributed by atoms with Gasteiger partial charge in [0, 0.05) is 10.8 Å². The van der Waals surface area contributed by atoms with Crippen LogP contribution < -0.4 is 11.3 Å². The number of thiophene rings is 1. The summed E-state index contributed by atoms with van der Waals surface area (Å²) in [5.41, 5.74) is 3.91. The Balaban J connectivity index is 2.06. The van der Waals surface area contributed by atoms with Gasteiger partial charge in [-0.1, -0.05) is 37.3 Å². The van der Waals surface area contributed by atoms with Gasteiger partial charge in [-0.05, 0) is 11.6 Å². The molecule has 96 valence electrons. The van der Waals surface area contributed by atoms with Crippen molar-refractivity contribution in [2.75, 3.05) is 5.43 Å². The first-order valence-electron chi connectivity index (χ1n) is 6.05. The molecular weight excluding hydrogens is 256 g/mol. The third-order valence-corrected chi connectivity index (χ3v) is 4.44. The summed E-state index contributed by atoms with van der Waals surface area (Å²) < 4.78 is 0. The number of anilines is 1. The summed E-state index contributed by atoms with van der Waals surface area (Å²) >= 11 is 1.68. The van der Waals surface area contributed by atoms with Crippen LogP contribution in [-0.4, -0.2) is 9.97 Å². The molecule has 0 spiro atoms. The second kappa shape index (κ2) is 4.95. The highest BCUT2D eigenvalue weighted by atomic mass is 32.1. The Morgan fingerprint density at radius 1 is 1.21 bits per heavy atom. The Morgan fingerprint density at radius 2 is 2.00 bits per heavy atom. The zero-order valence-corrected chi connectivity index (χ0v) is 11.3. The molecule has 0 saturated carbocycles. The van der Waals surface area contributed by atoms with E-state index >= 15 is 0 Å². The van der Waals surface area contributed by atoms with Crippen LogP contribution in [-0.2, 0) is 0 Å². The van der Waals surface area contributed by atoms with Crippen LogP contribution in [0.5, 0.6) is 0 Å². The SMILES string of the molecule is CC(c1ccccc1)c1cc2c(NN)ncnc2s1. The molecule has 0 radical (unpaired) electrons. The molecule has 0 bridgehead atoms. The minimum absolute atomic E-state index is 0.339. The molecule has 0 amide bonds. The molecule has 3 N–H and O–H groups in total. The molecule has 0 aliphatic heterocycles. The molecule has 19 heavy (non-hydrogen) atoms. The second-order valence-electron chi connectivity index (χ2n) is 4.37. The summed E-state index contributed by atoms with van der Waals surface area (Å²) in [6.07, 6.45) is 1.53. The molecule has 2 aromatic heterocycles. The van der Waals surface area contributed by atoms with E-state index < -0.39 is 0 Å². The van der Waals surface area contributed by atoms with Gasteiger partial charge in [0.2, 0.25) is 0 Å². The third-order valence-electron chi connectivity index (χ3n) is 3.21. The van der Waals surface area contributed by atoms with Crippen molar-refractivity contribution < 1.29 is 0 Å². The van der Waals surface area contributed by atoms with Crippen LogP contribution in [0.15, 0.2) is 42.7 Å². The molecule has 2 heterocycles. The molecule has 1 atom stereocenters.